The fourth-order valence-electron chi connectivity index (χ4n) is 4.06. The van der Waals surface area contributed by atoms with Crippen molar-refractivity contribution in [1.29, 1.82) is 5.26 Å². The number of aromatic nitrogens is 1. The molecule has 3 aromatic rings. The summed E-state index contributed by atoms with van der Waals surface area (Å²) in [5.41, 5.74) is 2.50. The summed E-state index contributed by atoms with van der Waals surface area (Å²) in [5, 5.41) is 16.9. The van der Waals surface area contributed by atoms with Crippen LogP contribution in [-0.2, 0) is 11.3 Å². The highest BCUT2D eigenvalue weighted by molar-refractivity contribution is 7.10. The Bertz CT molecular complexity index is 1030. The van der Waals surface area contributed by atoms with E-state index >= 15 is 0 Å². The number of amides is 1. The number of nitrogens with zero attached hydrogens (tertiary/aromatic N) is 3. The van der Waals surface area contributed by atoms with Gasteiger partial charge in [-0.2, -0.15) is 5.26 Å². The Hall–Kier alpha value is -2.40. The van der Waals surface area contributed by atoms with Crippen molar-refractivity contribution in [2.24, 2.45) is 0 Å². The fourth-order valence-corrected chi connectivity index (χ4v) is 5.65. The summed E-state index contributed by atoms with van der Waals surface area (Å²) >= 11 is 3.43. The van der Waals surface area contributed by atoms with Gasteiger partial charge in [0, 0.05) is 21.5 Å². The molecule has 0 saturated carbocycles. The van der Waals surface area contributed by atoms with Crippen molar-refractivity contribution in [1.82, 2.24) is 9.47 Å². The predicted octanol–water partition coefficient (Wildman–Crippen LogP) is 4.92. The van der Waals surface area contributed by atoms with Crippen molar-refractivity contribution in [3.8, 4) is 6.07 Å². The molecular formula is C22H24N4OS2. The van der Waals surface area contributed by atoms with Crippen LogP contribution in [0.25, 0.3) is 0 Å². The summed E-state index contributed by atoms with van der Waals surface area (Å²) in [5.74, 6) is 0.558. The van der Waals surface area contributed by atoms with Gasteiger partial charge in [-0.05, 0) is 61.7 Å². The Labute approximate surface area is 179 Å². The molecule has 0 spiro atoms. The average molecular weight is 425 g/mol. The lowest BCUT2D eigenvalue weighted by Crippen LogP contribution is -2.33. The number of nitrogens with one attached hydrogen (secondary N) is 1. The molecule has 1 amide bonds. The molecule has 29 heavy (non-hydrogen) atoms. The maximum absolute atomic E-state index is 13.0. The van der Waals surface area contributed by atoms with Crippen LogP contribution in [0.1, 0.15) is 45.5 Å². The monoisotopic (exact) mass is 424 g/mol. The zero-order chi connectivity index (χ0) is 20.4. The molecule has 1 atom stereocenters. The Balaban J connectivity index is 1.54. The molecule has 0 radical (unpaired) electrons. The normalized spacial score (nSPS) is 16.8. The van der Waals surface area contributed by atoms with Gasteiger partial charge in [0.15, 0.2) is 0 Å². The van der Waals surface area contributed by atoms with E-state index in [-0.39, 0.29) is 5.91 Å². The van der Waals surface area contributed by atoms with Crippen molar-refractivity contribution in [2.45, 2.75) is 39.3 Å². The third-order valence-corrected chi connectivity index (χ3v) is 7.51. The fraction of sp³-hybridized carbons (Fsp3) is 0.364. The second kappa shape index (κ2) is 8.54. The number of hydrogen-bond donors (Lipinski definition) is 1. The van der Waals surface area contributed by atoms with Crippen LogP contribution in [0.15, 0.2) is 35.0 Å². The number of anilines is 1. The van der Waals surface area contributed by atoms with E-state index in [0.29, 0.717) is 30.5 Å². The standard InChI is InChI=1S/C22H24N4OS2/c1-15-16(2)26(13-17-6-4-10-28-17)22(18(15)12-23)24-21(27)14-25-9-3-7-19(25)20-8-5-11-29-20/h4-6,8,10-11,19H,3,7,9,13-14H2,1-2H3,(H,24,27)/t19-/m0/s1. The third-order valence-electron chi connectivity index (χ3n) is 5.67. The van der Waals surface area contributed by atoms with Crippen molar-refractivity contribution in [3.63, 3.8) is 0 Å². The number of carbonyl (C=O) groups is 1. The SMILES string of the molecule is Cc1c(C#N)c(NC(=O)CN2CCC[C@H]2c2cccs2)n(Cc2cccs2)c1C. The minimum Gasteiger partial charge on any atom is -0.325 e. The number of likely N-dealkylation sites (tertiary alicyclic amines) is 1. The summed E-state index contributed by atoms with van der Waals surface area (Å²) in [6, 6.07) is 10.9. The number of hydrogen-bond acceptors (Lipinski definition) is 5. The average Bonchev–Trinajstić information content (AvgIpc) is 3.48. The summed E-state index contributed by atoms with van der Waals surface area (Å²) in [4.78, 5) is 17.7. The summed E-state index contributed by atoms with van der Waals surface area (Å²) in [7, 11) is 0. The Morgan fingerprint density at radius 3 is 2.76 bits per heavy atom. The first-order valence-electron chi connectivity index (χ1n) is 9.78. The lowest BCUT2D eigenvalue weighted by molar-refractivity contribution is -0.117. The zero-order valence-corrected chi connectivity index (χ0v) is 18.3. The highest BCUT2D eigenvalue weighted by Gasteiger charge is 2.29. The maximum atomic E-state index is 13.0. The molecule has 1 fully saturated rings. The van der Waals surface area contributed by atoms with Crippen molar-refractivity contribution < 1.29 is 4.79 Å². The van der Waals surface area contributed by atoms with Crippen LogP contribution in [0.5, 0.6) is 0 Å². The molecule has 0 unspecified atom stereocenters. The smallest absolute Gasteiger partial charge is 0.239 e. The zero-order valence-electron chi connectivity index (χ0n) is 16.6. The van der Waals surface area contributed by atoms with E-state index < -0.39 is 0 Å². The molecule has 0 bridgehead atoms. The van der Waals surface area contributed by atoms with E-state index in [1.807, 2.05) is 25.3 Å². The van der Waals surface area contributed by atoms with Gasteiger partial charge < -0.3 is 9.88 Å². The summed E-state index contributed by atoms with van der Waals surface area (Å²) in [6.45, 7) is 5.88. The molecule has 3 aromatic heterocycles. The molecule has 1 N–H and O–H groups in total. The number of carbonyl (C=O) groups excluding carboxylic acids is 1. The first-order valence-corrected chi connectivity index (χ1v) is 11.5. The molecule has 4 heterocycles. The van der Waals surface area contributed by atoms with Gasteiger partial charge in [-0.1, -0.05) is 12.1 Å². The van der Waals surface area contributed by atoms with Gasteiger partial charge in [0.25, 0.3) is 0 Å². The highest BCUT2D eigenvalue weighted by Crippen LogP contribution is 2.34. The predicted molar refractivity (Wildman–Crippen MR) is 119 cm³/mol. The van der Waals surface area contributed by atoms with Crippen molar-refractivity contribution >= 4 is 34.4 Å². The number of rotatable bonds is 6. The molecule has 0 aromatic carbocycles. The van der Waals surface area contributed by atoms with Gasteiger partial charge in [-0.15, -0.1) is 22.7 Å². The van der Waals surface area contributed by atoms with Gasteiger partial charge in [0.05, 0.1) is 18.7 Å². The molecule has 1 saturated heterocycles. The van der Waals surface area contributed by atoms with Gasteiger partial charge in [0.2, 0.25) is 5.91 Å². The Morgan fingerprint density at radius 2 is 2.07 bits per heavy atom. The second-order valence-electron chi connectivity index (χ2n) is 7.40. The molecule has 7 heteroatoms. The van der Waals surface area contributed by atoms with Crippen LogP contribution in [0.4, 0.5) is 5.82 Å². The third kappa shape index (κ3) is 4.01. The lowest BCUT2D eigenvalue weighted by Gasteiger charge is -2.23. The topological polar surface area (TPSA) is 61.1 Å². The number of thiophene rings is 2. The van der Waals surface area contributed by atoms with E-state index in [4.69, 9.17) is 0 Å². The molecule has 150 valence electrons. The summed E-state index contributed by atoms with van der Waals surface area (Å²) < 4.78 is 2.05. The summed E-state index contributed by atoms with van der Waals surface area (Å²) in [6.07, 6.45) is 2.19. The molecule has 4 rings (SSSR count). The molecule has 5 nitrogen and oxygen atoms in total. The molecule has 1 aliphatic heterocycles. The highest BCUT2D eigenvalue weighted by atomic mass is 32.1. The number of nitriles is 1. The minimum atomic E-state index is -0.0603. The largest absolute Gasteiger partial charge is 0.325 e. The molecule has 1 aliphatic rings. The van der Waals surface area contributed by atoms with Crippen LogP contribution in [-0.4, -0.2) is 28.5 Å². The van der Waals surface area contributed by atoms with E-state index in [0.717, 1.165) is 30.6 Å². The van der Waals surface area contributed by atoms with E-state index in [1.54, 1.807) is 22.7 Å². The lowest BCUT2D eigenvalue weighted by atomic mass is 10.2. The van der Waals surface area contributed by atoms with Crippen molar-refractivity contribution in [2.75, 3.05) is 18.4 Å². The maximum Gasteiger partial charge on any atom is 0.239 e. The van der Waals surface area contributed by atoms with Gasteiger partial charge in [0.1, 0.15) is 11.9 Å². The van der Waals surface area contributed by atoms with Gasteiger partial charge in [-0.25, -0.2) is 0 Å². The van der Waals surface area contributed by atoms with Crippen LogP contribution >= 0.6 is 22.7 Å². The molecule has 0 aliphatic carbocycles. The molecular weight excluding hydrogens is 400 g/mol. The first kappa shape index (κ1) is 19.9. The van der Waals surface area contributed by atoms with Crippen molar-refractivity contribution in [3.05, 3.63) is 61.6 Å². The minimum absolute atomic E-state index is 0.0603. The van der Waals surface area contributed by atoms with E-state index in [2.05, 4.69) is 44.4 Å². The quantitative estimate of drug-likeness (QED) is 0.611. The van der Waals surface area contributed by atoms with E-state index in [9.17, 15) is 10.1 Å². The van der Waals surface area contributed by atoms with Gasteiger partial charge >= 0.3 is 0 Å². The van der Waals surface area contributed by atoms with Crippen LogP contribution < -0.4 is 5.32 Å². The van der Waals surface area contributed by atoms with Crippen LogP contribution in [0.3, 0.4) is 0 Å². The van der Waals surface area contributed by atoms with Crippen LogP contribution in [0.2, 0.25) is 0 Å². The Morgan fingerprint density at radius 1 is 1.28 bits per heavy atom. The van der Waals surface area contributed by atoms with Crippen LogP contribution in [0, 0.1) is 25.2 Å². The van der Waals surface area contributed by atoms with E-state index in [1.165, 1.54) is 9.75 Å². The first-order chi connectivity index (χ1) is 14.1. The van der Waals surface area contributed by atoms with Gasteiger partial charge in [-0.3, -0.25) is 9.69 Å². The Kier molecular flexibility index (Phi) is 5.86. The second-order valence-corrected chi connectivity index (χ2v) is 9.41.